The first-order valence-corrected chi connectivity index (χ1v) is 11.5. The zero-order chi connectivity index (χ0) is 19.3. The van der Waals surface area contributed by atoms with E-state index in [-0.39, 0.29) is 5.92 Å². The molecule has 0 aliphatic heterocycles. The number of rotatable bonds is 15. The second kappa shape index (κ2) is 13.9. The fraction of sp³-hybridized carbons (Fsp3) is 0.727. The number of benzene rings is 1. The van der Waals surface area contributed by atoms with Crippen LogP contribution in [-0.2, 0) is 25.1 Å². The predicted octanol–water partition coefficient (Wildman–Crippen LogP) is 6.51. The van der Waals surface area contributed by atoms with Crippen LogP contribution < -0.4 is 0 Å². The normalized spacial score (nSPS) is 13.1. The summed E-state index contributed by atoms with van der Waals surface area (Å²) in [6.45, 7) is 2.26. The van der Waals surface area contributed by atoms with Gasteiger partial charge in [0.15, 0.2) is 0 Å². The molecule has 0 radical (unpaired) electrons. The topological polar surface area (TPSA) is 27.7 Å². The van der Waals surface area contributed by atoms with Crippen LogP contribution in [0.4, 0.5) is 0 Å². The third kappa shape index (κ3) is 7.83. The van der Waals surface area contributed by atoms with Gasteiger partial charge in [0.1, 0.15) is 0 Å². The van der Waals surface area contributed by atoms with Crippen LogP contribution in [-0.4, -0.2) is 27.3 Å². The molecule has 0 fully saturated rings. The number of halogens is 1. The summed E-state index contributed by atoms with van der Waals surface area (Å²) in [4.78, 5) is 0. The number of hydrogen-bond acceptors (Lipinski definition) is 3. The van der Waals surface area contributed by atoms with Crippen LogP contribution in [0.3, 0.4) is 0 Å². The number of ether oxygens (including phenoxy) is 3. The van der Waals surface area contributed by atoms with Gasteiger partial charge in [-0.2, -0.15) is 0 Å². The van der Waals surface area contributed by atoms with E-state index in [0.717, 1.165) is 23.7 Å². The smallest absolute Gasteiger partial charge is 0.285 e. The lowest BCUT2D eigenvalue weighted by molar-refractivity contribution is -0.380. The third-order valence-electron chi connectivity index (χ3n) is 5.22. The van der Waals surface area contributed by atoms with Crippen LogP contribution in [0.15, 0.2) is 24.3 Å². The fourth-order valence-corrected chi connectivity index (χ4v) is 4.06. The highest BCUT2D eigenvalue weighted by molar-refractivity contribution is 14.1. The molecule has 0 saturated carbocycles. The molecule has 3 nitrogen and oxygen atoms in total. The van der Waals surface area contributed by atoms with Gasteiger partial charge >= 0.3 is 0 Å². The monoisotopic (exact) mass is 476 g/mol. The molecule has 1 atom stereocenters. The number of aryl methyl sites for hydroxylation is 1. The van der Waals surface area contributed by atoms with Gasteiger partial charge in [0.2, 0.25) is 0 Å². The highest BCUT2D eigenvalue weighted by Crippen LogP contribution is 2.32. The van der Waals surface area contributed by atoms with Gasteiger partial charge in [0.25, 0.3) is 5.97 Å². The summed E-state index contributed by atoms with van der Waals surface area (Å²) < 4.78 is 18.1. The van der Waals surface area contributed by atoms with E-state index in [1.165, 1.54) is 49.7 Å². The Morgan fingerprint density at radius 3 is 1.88 bits per heavy atom. The van der Waals surface area contributed by atoms with Crippen molar-refractivity contribution in [3.05, 3.63) is 35.4 Å². The summed E-state index contributed by atoms with van der Waals surface area (Å²) in [7, 11) is 5.03. The Hall–Kier alpha value is -0.170. The second-order valence-electron chi connectivity index (χ2n) is 6.96. The van der Waals surface area contributed by atoms with Crippen molar-refractivity contribution in [1.29, 1.82) is 0 Å². The quantitative estimate of drug-likeness (QED) is 0.125. The van der Waals surface area contributed by atoms with Crippen LogP contribution in [0.25, 0.3) is 0 Å². The molecule has 0 heterocycles. The number of alkyl halides is 1. The molecular formula is C22H37IO3. The molecular weight excluding hydrogens is 439 g/mol. The van der Waals surface area contributed by atoms with E-state index in [9.17, 15) is 0 Å². The van der Waals surface area contributed by atoms with Crippen LogP contribution in [0.5, 0.6) is 0 Å². The third-order valence-corrected chi connectivity index (χ3v) is 6.10. The van der Waals surface area contributed by atoms with Crippen LogP contribution >= 0.6 is 22.6 Å². The van der Waals surface area contributed by atoms with Crippen molar-refractivity contribution in [3.63, 3.8) is 0 Å². The Morgan fingerprint density at radius 2 is 1.35 bits per heavy atom. The van der Waals surface area contributed by atoms with E-state index < -0.39 is 5.97 Å². The predicted molar refractivity (Wildman–Crippen MR) is 118 cm³/mol. The van der Waals surface area contributed by atoms with Gasteiger partial charge < -0.3 is 14.2 Å². The maximum absolute atomic E-state index is 5.67. The standard InChI is InChI=1S/C22H37IO3/c1-5-6-7-8-9-10-11-21(22(24-2,25-3)26-4)17-16-19-12-14-20(18-23)15-13-19/h12-15,21H,5-11,16-18H2,1-4H3. The lowest BCUT2D eigenvalue weighted by Crippen LogP contribution is -2.44. The van der Waals surface area contributed by atoms with Crippen LogP contribution in [0.1, 0.15) is 69.4 Å². The van der Waals surface area contributed by atoms with Crippen molar-refractivity contribution in [1.82, 2.24) is 0 Å². The number of unbranched alkanes of at least 4 members (excludes halogenated alkanes) is 5. The maximum atomic E-state index is 5.67. The first-order chi connectivity index (χ1) is 12.7. The molecule has 1 aromatic carbocycles. The Morgan fingerprint density at radius 1 is 0.808 bits per heavy atom. The average molecular weight is 476 g/mol. The Labute approximate surface area is 174 Å². The molecule has 0 spiro atoms. The Bertz CT molecular complexity index is 449. The van der Waals surface area contributed by atoms with Crippen LogP contribution in [0, 0.1) is 5.92 Å². The largest absolute Gasteiger partial charge is 0.331 e. The van der Waals surface area contributed by atoms with Gasteiger partial charge in [0, 0.05) is 31.7 Å². The minimum atomic E-state index is -0.939. The Balaban J connectivity index is 2.63. The molecule has 0 N–H and O–H groups in total. The minimum absolute atomic E-state index is 0.220. The molecule has 0 saturated heterocycles. The zero-order valence-electron chi connectivity index (χ0n) is 17.1. The van der Waals surface area contributed by atoms with Gasteiger partial charge in [-0.3, -0.25) is 0 Å². The number of hydrogen-bond donors (Lipinski definition) is 0. The molecule has 150 valence electrons. The van der Waals surface area contributed by atoms with E-state index in [0.29, 0.717) is 0 Å². The molecule has 0 aromatic heterocycles. The van der Waals surface area contributed by atoms with E-state index in [4.69, 9.17) is 14.2 Å². The summed E-state index contributed by atoms with van der Waals surface area (Å²) in [5.74, 6) is -0.719. The van der Waals surface area contributed by atoms with E-state index in [1.807, 2.05) is 0 Å². The second-order valence-corrected chi connectivity index (χ2v) is 7.72. The summed E-state index contributed by atoms with van der Waals surface area (Å²) in [5.41, 5.74) is 2.74. The van der Waals surface area contributed by atoms with Crippen molar-refractivity contribution in [2.75, 3.05) is 21.3 Å². The first-order valence-electron chi connectivity index (χ1n) is 9.95. The molecule has 0 aliphatic carbocycles. The van der Waals surface area contributed by atoms with Crippen LogP contribution in [0.2, 0.25) is 0 Å². The zero-order valence-corrected chi connectivity index (χ0v) is 19.2. The fourth-order valence-electron chi connectivity index (χ4n) is 3.55. The lowest BCUT2D eigenvalue weighted by atomic mass is 9.91. The van der Waals surface area contributed by atoms with Gasteiger partial charge in [0.05, 0.1) is 0 Å². The van der Waals surface area contributed by atoms with Gasteiger partial charge in [-0.15, -0.1) is 0 Å². The molecule has 1 aromatic rings. The van der Waals surface area contributed by atoms with Crippen molar-refractivity contribution < 1.29 is 14.2 Å². The summed E-state index contributed by atoms with van der Waals surface area (Å²) in [5, 5.41) is 0. The van der Waals surface area contributed by atoms with E-state index in [1.54, 1.807) is 21.3 Å². The molecule has 1 unspecified atom stereocenters. The molecule has 1 rings (SSSR count). The molecule has 0 amide bonds. The molecule has 0 bridgehead atoms. The highest BCUT2D eigenvalue weighted by Gasteiger charge is 2.39. The molecule has 4 heteroatoms. The van der Waals surface area contributed by atoms with Crippen molar-refractivity contribution in [2.24, 2.45) is 5.92 Å². The van der Waals surface area contributed by atoms with Gasteiger partial charge in [-0.1, -0.05) is 92.3 Å². The van der Waals surface area contributed by atoms with Crippen molar-refractivity contribution in [3.8, 4) is 0 Å². The average Bonchev–Trinajstić information content (AvgIpc) is 2.70. The van der Waals surface area contributed by atoms with Gasteiger partial charge in [-0.05, 0) is 30.4 Å². The Kier molecular flexibility index (Phi) is 12.8. The SMILES string of the molecule is CCCCCCCCC(CCc1ccc(CI)cc1)C(OC)(OC)OC. The minimum Gasteiger partial charge on any atom is -0.331 e. The highest BCUT2D eigenvalue weighted by atomic mass is 127. The van der Waals surface area contributed by atoms with Crippen molar-refractivity contribution in [2.45, 2.75) is 75.1 Å². The first kappa shape index (κ1) is 23.9. The summed E-state index contributed by atoms with van der Waals surface area (Å²) in [6, 6.07) is 8.93. The molecule has 26 heavy (non-hydrogen) atoms. The summed E-state index contributed by atoms with van der Waals surface area (Å²) >= 11 is 2.40. The summed E-state index contributed by atoms with van der Waals surface area (Å²) in [6.07, 6.45) is 10.8. The number of methoxy groups -OCH3 is 3. The lowest BCUT2D eigenvalue weighted by Gasteiger charge is -2.36. The van der Waals surface area contributed by atoms with Gasteiger partial charge in [-0.25, -0.2) is 0 Å². The van der Waals surface area contributed by atoms with Crippen molar-refractivity contribution >= 4 is 22.6 Å². The van der Waals surface area contributed by atoms with E-state index in [2.05, 4.69) is 53.8 Å². The maximum Gasteiger partial charge on any atom is 0.285 e. The molecule has 0 aliphatic rings. The van der Waals surface area contributed by atoms with E-state index >= 15 is 0 Å².